The fourth-order valence-electron chi connectivity index (χ4n) is 2.80. The maximum Gasteiger partial charge on any atom is 0.321 e. The van der Waals surface area contributed by atoms with Gasteiger partial charge in [-0.15, -0.1) is 0 Å². The summed E-state index contributed by atoms with van der Waals surface area (Å²) in [5.74, 6) is -1.63. The first kappa shape index (κ1) is 23.9. The molecule has 1 amide bonds. The molecule has 0 bridgehead atoms. The molecule has 0 aliphatic rings. The zero-order valence-electron chi connectivity index (χ0n) is 16.0. The highest BCUT2D eigenvalue weighted by atomic mass is 16.4. The summed E-state index contributed by atoms with van der Waals surface area (Å²) >= 11 is 0. The van der Waals surface area contributed by atoms with Crippen LogP contribution in [0.3, 0.4) is 0 Å². The van der Waals surface area contributed by atoms with Gasteiger partial charge in [0.25, 0.3) is 0 Å². The molecule has 5 N–H and O–H groups in total. The van der Waals surface area contributed by atoms with Gasteiger partial charge in [0.2, 0.25) is 5.91 Å². The Bertz CT molecular complexity index is 338. The van der Waals surface area contributed by atoms with Gasteiger partial charge in [-0.05, 0) is 32.5 Å². The van der Waals surface area contributed by atoms with Crippen molar-refractivity contribution in [1.29, 1.82) is 0 Å². The van der Waals surface area contributed by atoms with E-state index >= 15 is 0 Å². The molecular weight excluding hydrogens is 318 g/mol. The molecule has 0 saturated carbocycles. The van der Waals surface area contributed by atoms with Gasteiger partial charge in [-0.2, -0.15) is 0 Å². The molecule has 25 heavy (non-hydrogen) atoms. The van der Waals surface area contributed by atoms with Crippen LogP contribution < -0.4 is 16.4 Å². The molecule has 0 spiro atoms. The monoisotopic (exact) mass is 357 g/mol. The lowest BCUT2D eigenvalue weighted by atomic mass is 10.1. The van der Waals surface area contributed by atoms with E-state index in [1.807, 2.05) is 0 Å². The van der Waals surface area contributed by atoms with Crippen LogP contribution in [0.1, 0.15) is 84.0 Å². The second-order valence-corrected chi connectivity index (χ2v) is 6.80. The Balaban J connectivity index is 3.28. The number of rotatable bonds is 19. The molecular formula is C19H39N3O3. The molecule has 6 heteroatoms. The number of primary amides is 1. The number of aliphatic carboxylic acids is 1. The van der Waals surface area contributed by atoms with Crippen molar-refractivity contribution in [3.05, 3.63) is 0 Å². The first-order chi connectivity index (χ1) is 12.1. The maximum atomic E-state index is 10.9. The van der Waals surface area contributed by atoms with Crippen molar-refractivity contribution in [3.63, 3.8) is 0 Å². The molecule has 0 aromatic carbocycles. The minimum atomic E-state index is -1.03. The van der Waals surface area contributed by atoms with Crippen LogP contribution in [0.15, 0.2) is 0 Å². The van der Waals surface area contributed by atoms with E-state index in [0.717, 1.165) is 19.5 Å². The topological polar surface area (TPSA) is 104 Å². The van der Waals surface area contributed by atoms with Gasteiger partial charge in [0.15, 0.2) is 0 Å². The third kappa shape index (κ3) is 17.5. The molecule has 0 rings (SSSR count). The number of hydrogen-bond acceptors (Lipinski definition) is 4. The van der Waals surface area contributed by atoms with Crippen LogP contribution in [0.4, 0.5) is 0 Å². The van der Waals surface area contributed by atoms with Gasteiger partial charge < -0.3 is 21.5 Å². The first-order valence-electron chi connectivity index (χ1n) is 10.0. The number of nitrogens with one attached hydrogen (secondary N) is 2. The Morgan fingerprint density at radius 1 is 0.840 bits per heavy atom. The van der Waals surface area contributed by atoms with Crippen molar-refractivity contribution in [1.82, 2.24) is 10.6 Å². The van der Waals surface area contributed by atoms with Crippen molar-refractivity contribution < 1.29 is 14.7 Å². The molecule has 0 heterocycles. The van der Waals surface area contributed by atoms with E-state index in [0.29, 0.717) is 6.54 Å². The molecule has 6 nitrogen and oxygen atoms in total. The van der Waals surface area contributed by atoms with E-state index in [4.69, 9.17) is 10.8 Å². The SMILES string of the molecule is CCCCCCCCCCCCNCCCN[C@@H](CC(N)=O)C(=O)O. The lowest BCUT2D eigenvalue weighted by Crippen LogP contribution is -2.41. The molecule has 1 atom stereocenters. The van der Waals surface area contributed by atoms with Gasteiger partial charge in [-0.25, -0.2) is 0 Å². The van der Waals surface area contributed by atoms with Gasteiger partial charge >= 0.3 is 5.97 Å². The summed E-state index contributed by atoms with van der Waals surface area (Å²) in [6.45, 7) is 4.68. The number of carboxylic acid groups (broad SMARTS) is 1. The molecule has 0 aromatic rings. The Morgan fingerprint density at radius 3 is 1.88 bits per heavy atom. The minimum absolute atomic E-state index is 0.165. The average Bonchev–Trinajstić information content (AvgIpc) is 2.56. The summed E-state index contributed by atoms with van der Waals surface area (Å²) in [6.07, 6.45) is 14.1. The fraction of sp³-hybridized carbons (Fsp3) is 0.895. The van der Waals surface area contributed by atoms with E-state index in [1.54, 1.807) is 0 Å². The Kier molecular flexibility index (Phi) is 16.9. The lowest BCUT2D eigenvalue weighted by molar-refractivity contribution is -0.141. The number of carboxylic acids is 1. The molecule has 0 aliphatic heterocycles. The summed E-state index contributed by atoms with van der Waals surface area (Å²) in [6, 6.07) is -0.875. The van der Waals surface area contributed by atoms with E-state index in [2.05, 4.69) is 17.6 Å². The van der Waals surface area contributed by atoms with Crippen molar-refractivity contribution in [3.8, 4) is 0 Å². The summed E-state index contributed by atoms with van der Waals surface area (Å²) in [4.78, 5) is 21.7. The predicted octanol–water partition coefficient (Wildman–Crippen LogP) is 2.81. The van der Waals surface area contributed by atoms with Gasteiger partial charge in [-0.3, -0.25) is 9.59 Å². The molecule has 0 unspecified atom stereocenters. The number of hydrogen-bond donors (Lipinski definition) is 4. The van der Waals surface area contributed by atoms with Crippen molar-refractivity contribution >= 4 is 11.9 Å². The highest BCUT2D eigenvalue weighted by molar-refractivity contribution is 5.83. The molecule has 0 radical (unpaired) electrons. The predicted molar refractivity (Wildman–Crippen MR) is 103 cm³/mol. The minimum Gasteiger partial charge on any atom is -0.480 e. The highest BCUT2D eigenvalue weighted by Gasteiger charge is 2.18. The Morgan fingerprint density at radius 2 is 1.36 bits per heavy atom. The van der Waals surface area contributed by atoms with E-state index in [9.17, 15) is 9.59 Å². The summed E-state index contributed by atoms with van der Waals surface area (Å²) < 4.78 is 0. The van der Waals surface area contributed by atoms with Crippen LogP contribution in [-0.4, -0.2) is 42.7 Å². The zero-order chi connectivity index (χ0) is 18.8. The highest BCUT2D eigenvalue weighted by Crippen LogP contribution is 2.10. The third-order valence-corrected chi connectivity index (χ3v) is 4.33. The van der Waals surface area contributed by atoms with Gasteiger partial charge in [0.1, 0.15) is 6.04 Å². The lowest BCUT2D eigenvalue weighted by Gasteiger charge is -2.12. The van der Waals surface area contributed by atoms with Crippen LogP contribution in [-0.2, 0) is 9.59 Å². The molecule has 0 aliphatic carbocycles. The fourth-order valence-corrected chi connectivity index (χ4v) is 2.80. The summed E-state index contributed by atoms with van der Waals surface area (Å²) in [7, 11) is 0. The third-order valence-electron chi connectivity index (χ3n) is 4.33. The van der Waals surface area contributed by atoms with Gasteiger partial charge in [-0.1, -0.05) is 64.7 Å². The second-order valence-electron chi connectivity index (χ2n) is 6.80. The van der Waals surface area contributed by atoms with Crippen LogP contribution in [0.5, 0.6) is 0 Å². The van der Waals surface area contributed by atoms with Crippen molar-refractivity contribution in [2.45, 2.75) is 90.0 Å². The zero-order valence-corrected chi connectivity index (χ0v) is 16.0. The van der Waals surface area contributed by atoms with Crippen LogP contribution >= 0.6 is 0 Å². The Hall–Kier alpha value is -1.14. The van der Waals surface area contributed by atoms with Crippen molar-refractivity contribution in [2.75, 3.05) is 19.6 Å². The first-order valence-corrected chi connectivity index (χ1v) is 10.0. The Labute approximate surface area is 153 Å². The summed E-state index contributed by atoms with van der Waals surface area (Å²) in [5, 5.41) is 15.2. The second kappa shape index (κ2) is 17.7. The summed E-state index contributed by atoms with van der Waals surface area (Å²) in [5.41, 5.74) is 5.03. The van der Waals surface area contributed by atoms with Crippen LogP contribution in [0.2, 0.25) is 0 Å². The van der Waals surface area contributed by atoms with E-state index in [-0.39, 0.29) is 6.42 Å². The molecule has 0 fully saturated rings. The van der Waals surface area contributed by atoms with E-state index in [1.165, 1.54) is 64.2 Å². The number of amides is 1. The van der Waals surface area contributed by atoms with E-state index < -0.39 is 17.9 Å². The van der Waals surface area contributed by atoms with Crippen molar-refractivity contribution in [2.24, 2.45) is 5.73 Å². The molecule has 0 aromatic heterocycles. The average molecular weight is 358 g/mol. The number of nitrogens with two attached hydrogens (primary N) is 1. The van der Waals surface area contributed by atoms with Gasteiger partial charge in [0, 0.05) is 0 Å². The maximum absolute atomic E-state index is 10.9. The normalized spacial score (nSPS) is 12.2. The van der Waals surface area contributed by atoms with Crippen LogP contribution in [0, 0.1) is 0 Å². The standard InChI is InChI=1S/C19H39N3O3/c1-2-3-4-5-6-7-8-9-10-11-13-21-14-12-15-22-17(19(24)25)16-18(20)23/h17,21-22H,2-16H2,1H3,(H2,20,23)(H,24,25)/t17-/m0/s1. The smallest absolute Gasteiger partial charge is 0.321 e. The number of unbranched alkanes of at least 4 members (excludes halogenated alkanes) is 9. The molecule has 0 saturated heterocycles. The quantitative estimate of drug-likeness (QED) is 0.266. The number of carbonyl (C=O) groups is 2. The molecule has 148 valence electrons. The number of carbonyl (C=O) groups excluding carboxylic acids is 1. The van der Waals surface area contributed by atoms with Gasteiger partial charge in [0.05, 0.1) is 6.42 Å². The largest absolute Gasteiger partial charge is 0.480 e. The van der Waals surface area contributed by atoms with Crippen LogP contribution in [0.25, 0.3) is 0 Å².